The number of nitrogens with zero attached hydrogens (tertiary/aromatic N) is 2. The number of aliphatic hydroxyl groups is 1. The Morgan fingerprint density at radius 2 is 1.89 bits per heavy atom. The lowest BCUT2D eigenvalue weighted by Gasteiger charge is -2.04. The van der Waals surface area contributed by atoms with Crippen LogP contribution in [0.15, 0.2) is 48.8 Å². The summed E-state index contributed by atoms with van der Waals surface area (Å²) < 4.78 is 14.8. The molecule has 4 heteroatoms. The van der Waals surface area contributed by atoms with Crippen molar-refractivity contribution >= 4 is 11.0 Å². The normalized spacial score (nSPS) is 11.0. The van der Waals surface area contributed by atoms with Gasteiger partial charge in [-0.15, -0.1) is 0 Å². The topological polar surface area (TPSA) is 38.1 Å². The molecule has 0 fully saturated rings. The monoisotopic (exact) mass is 242 g/mol. The molecule has 1 heterocycles. The average molecular weight is 242 g/mol. The van der Waals surface area contributed by atoms with Crippen LogP contribution in [0, 0.1) is 5.82 Å². The van der Waals surface area contributed by atoms with Crippen molar-refractivity contribution in [3.8, 4) is 5.69 Å². The Kier molecular flexibility index (Phi) is 2.57. The molecule has 18 heavy (non-hydrogen) atoms. The van der Waals surface area contributed by atoms with Crippen LogP contribution in [0.1, 0.15) is 5.56 Å². The molecular formula is C14H11FN2O. The van der Waals surface area contributed by atoms with E-state index in [1.807, 2.05) is 22.8 Å². The van der Waals surface area contributed by atoms with Crippen molar-refractivity contribution < 1.29 is 9.50 Å². The second kappa shape index (κ2) is 4.23. The van der Waals surface area contributed by atoms with Gasteiger partial charge in [0, 0.05) is 5.69 Å². The van der Waals surface area contributed by atoms with E-state index in [1.54, 1.807) is 18.5 Å². The number of aromatic nitrogens is 2. The Morgan fingerprint density at radius 3 is 2.61 bits per heavy atom. The SMILES string of the molecule is OCc1ccc2ncn(-c3ccc(F)cc3)c2c1. The predicted octanol–water partition coefficient (Wildman–Crippen LogP) is 2.66. The van der Waals surface area contributed by atoms with Crippen molar-refractivity contribution in [3.63, 3.8) is 0 Å². The number of aliphatic hydroxyl groups excluding tert-OH is 1. The van der Waals surface area contributed by atoms with E-state index >= 15 is 0 Å². The number of hydrogen-bond acceptors (Lipinski definition) is 2. The van der Waals surface area contributed by atoms with Crippen LogP contribution in [-0.4, -0.2) is 14.7 Å². The molecule has 90 valence electrons. The lowest BCUT2D eigenvalue weighted by Crippen LogP contribution is -1.92. The number of halogens is 1. The summed E-state index contributed by atoms with van der Waals surface area (Å²) in [7, 11) is 0. The van der Waals surface area contributed by atoms with Gasteiger partial charge in [0.25, 0.3) is 0 Å². The Morgan fingerprint density at radius 1 is 1.11 bits per heavy atom. The molecule has 0 saturated carbocycles. The van der Waals surface area contributed by atoms with E-state index in [9.17, 15) is 4.39 Å². The van der Waals surface area contributed by atoms with Gasteiger partial charge in [0.15, 0.2) is 0 Å². The summed E-state index contributed by atoms with van der Waals surface area (Å²) in [6.07, 6.45) is 1.69. The molecule has 0 radical (unpaired) electrons. The Labute approximate surface area is 103 Å². The van der Waals surface area contributed by atoms with E-state index in [1.165, 1.54) is 12.1 Å². The molecule has 0 aliphatic rings. The second-order valence-electron chi connectivity index (χ2n) is 4.07. The van der Waals surface area contributed by atoms with Gasteiger partial charge in [-0.25, -0.2) is 9.37 Å². The molecule has 2 aromatic carbocycles. The maximum atomic E-state index is 12.9. The molecule has 0 amide bonds. The highest BCUT2D eigenvalue weighted by molar-refractivity contribution is 5.78. The first-order chi connectivity index (χ1) is 8.78. The molecule has 0 saturated heterocycles. The lowest BCUT2D eigenvalue weighted by atomic mass is 10.2. The van der Waals surface area contributed by atoms with Gasteiger partial charge in [0.05, 0.1) is 17.6 Å². The quantitative estimate of drug-likeness (QED) is 0.750. The van der Waals surface area contributed by atoms with E-state index in [-0.39, 0.29) is 12.4 Å². The molecule has 0 spiro atoms. The minimum absolute atomic E-state index is 0.00939. The van der Waals surface area contributed by atoms with Gasteiger partial charge in [-0.2, -0.15) is 0 Å². The third-order valence-electron chi connectivity index (χ3n) is 2.90. The summed E-state index contributed by atoms with van der Waals surface area (Å²) in [5, 5.41) is 9.15. The predicted molar refractivity (Wildman–Crippen MR) is 67.0 cm³/mol. The van der Waals surface area contributed by atoms with Crippen molar-refractivity contribution in [1.29, 1.82) is 0 Å². The van der Waals surface area contributed by atoms with Crippen LogP contribution in [0.4, 0.5) is 4.39 Å². The molecule has 1 N–H and O–H groups in total. The summed E-state index contributed by atoms with van der Waals surface area (Å²) in [6.45, 7) is -0.00939. The van der Waals surface area contributed by atoms with Crippen LogP contribution >= 0.6 is 0 Å². The highest BCUT2D eigenvalue weighted by Gasteiger charge is 2.05. The zero-order valence-electron chi connectivity index (χ0n) is 9.55. The summed E-state index contributed by atoms with van der Waals surface area (Å²) in [5.74, 6) is -0.265. The maximum Gasteiger partial charge on any atom is 0.123 e. The lowest BCUT2D eigenvalue weighted by molar-refractivity contribution is 0.282. The molecular weight excluding hydrogens is 231 g/mol. The minimum atomic E-state index is -0.265. The van der Waals surface area contributed by atoms with Crippen molar-refractivity contribution in [2.45, 2.75) is 6.61 Å². The van der Waals surface area contributed by atoms with E-state index in [4.69, 9.17) is 5.11 Å². The summed E-state index contributed by atoms with van der Waals surface area (Å²) in [4.78, 5) is 4.28. The van der Waals surface area contributed by atoms with Gasteiger partial charge in [0.2, 0.25) is 0 Å². The Hall–Kier alpha value is -2.20. The first-order valence-corrected chi connectivity index (χ1v) is 5.61. The standard InChI is InChI=1S/C14H11FN2O/c15-11-2-4-12(5-3-11)17-9-16-13-6-1-10(8-18)7-14(13)17/h1-7,9,18H,8H2. The Bertz CT molecular complexity index is 689. The number of imidazole rings is 1. The Balaban J connectivity index is 2.19. The molecule has 0 unspecified atom stereocenters. The molecule has 0 aliphatic heterocycles. The molecule has 0 atom stereocenters. The zero-order chi connectivity index (χ0) is 12.5. The molecule has 3 nitrogen and oxygen atoms in total. The summed E-state index contributed by atoms with van der Waals surface area (Å²) in [5.41, 5.74) is 3.41. The number of fused-ring (bicyclic) bond motifs is 1. The van der Waals surface area contributed by atoms with Crippen LogP contribution < -0.4 is 0 Å². The number of benzene rings is 2. The molecule has 0 bridgehead atoms. The minimum Gasteiger partial charge on any atom is -0.392 e. The van der Waals surface area contributed by atoms with Crippen LogP contribution in [0.2, 0.25) is 0 Å². The van der Waals surface area contributed by atoms with Gasteiger partial charge >= 0.3 is 0 Å². The average Bonchev–Trinajstić information content (AvgIpc) is 2.82. The smallest absolute Gasteiger partial charge is 0.123 e. The van der Waals surface area contributed by atoms with E-state index < -0.39 is 0 Å². The number of hydrogen-bond donors (Lipinski definition) is 1. The number of rotatable bonds is 2. The first-order valence-electron chi connectivity index (χ1n) is 5.61. The van der Waals surface area contributed by atoms with Crippen LogP contribution in [0.25, 0.3) is 16.7 Å². The molecule has 0 aliphatic carbocycles. The van der Waals surface area contributed by atoms with Crippen LogP contribution in [0.5, 0.6) is 0 Å². The first kappa shape index (κ1) is 10.9. The van der Waals surface area contributed by atoms with Gasteiger partial charge < -0.3 is 5.11 Å². The zero-order valence-corrected chi connectivity index (χ0v) is 9.55. The van der Waals surface area contributed by atoms with Gasteiger partial charge in [0.1, 0.15) is 12.1 Å². The summed E-state index contributed by atoms with van der Waals surface area (Å²) >= 11 is 0. The van der Waals surface area contributed by atoms with Crippen molar-refractivity contribution in [3.05, 3.63) is 60.2 Å². The third-order valence-corrected chi connectivity index (χ3v) is 2.90. The fourth-order valence-electron chi connectivity index (χ4n) is 1.96. The second-order valence-corrected chi connectivity index (χ2v) is 4.07. The van der Waals surface area contributed by atoms with Crippen molar-refractivity contribution in [2.24, 2.45) is 0 Å². The fourth-order valence-corrected chi connectivity index (χ4v) is 1.96. The summed E-state index contributed by atoms with van der Waals surface area (Å²) in [6, 6.07) is 11.8. The van der Waals surface area contributed by atoms with Gasteiger partial charge in [-0.05, 0) is 42.0 Å². The van der Waals surface area contributed by atoms with E-state index in [0.717, 1.165) is 22.3 Å². The van der Waals surface area contributed by atoms with E-state index in [2.05, 4.69) is 4.98 Å². The maximum absolute atomic E-state index is 12.9. The molecule has 1 aromatic heterocycles. The van der Waals surface area contributed by atoms with Crippen molar-refractivity contribution in [2.75, 3.05) is 0 Å². The highest BCUT2D eigenvalue weighted by atomic mass is 19.1. The highest BCUT2D eigenvalue weighted by Crippen LogP contribution is 2.19. The van der Waals surface area contributed by atoms with Gasteiger partial charge in [-0.3, -0.25) is 4.57 Å². The van der Waals surface area contributed by atoms with Crippen LogP contribution in [0.3, 0.4) is 0 Å². The molecule has 3 aromatic rings. The van der Waals surface area contributed by atoms with E-state index in [0.29, 0.717) is 0 Å². The largest absolute Gasteiger partial charge is 0.392 e. The van der Waals surface area contributed by atoms with Gasteiger partial charge in [-0.1, -0.05) is 6.07 Å². The fraction of sp³-hybridized carbons (Fsp3) is 0.0714. The third kappa shape index (κ3) is 1.76. The van der Waals surface area contributed by atoms with Crippen LogP contribution in [-0.2, 0) is 6.61 Å². The van der Waals surface area contributed by atoms with Crippen molar-refractivity contribution in [1.82, 2.24) is 9.55 Å². The molecule has 3 rings (SSSR count).